The molecule has 4 heteroatoms. The van der Waals surface area contributed by atoms with Gasteiger partial charge in [0, 0.05) is 17.2 Å². The van der Waals surface area contributed by atoms with Crippen molar-refractivity contribution in [3.63, 3.8) is 0 Å². The fraction of sp³-hybridized carbons (Fsp3) is 0.111. The fourth-order valence-electron chi connectivity index (χ4n) is 2.57. The van der Waals surface area contributed by atoms with E-state index in [1.807, 2.05) is 18.2 Å². The lowest BCUT2D eigenvalue weighted by atomic mass is 10.0. The number of hydrogen-bond donors (Lipinski definition) is 1. The third kappa shape index (κ3) is 2.57. The number of aryl methyl sites for hydroxylation is 2. The lowest BCUT2D eigenvalue weighted by Crippen LogP contribution is -2.03. The van der Waals surface area contributed by atoms with E-state index in [0.717, 1.165) is 22.1 Å². The molecule has 22 heavy (non-hydrogen) atoms. The van der Waals surface area contributed by atoms with Gasteiger partial charge in [0.25, 0.3) is 0 Å². The average molecular weight is 291 g/mol. The van der Waals surface area contributed by atoms with Crippen LogP contribution in [-0.2, 0) is 12.8 Å². The Hall–Kier alpha value is -3.06. The molecule has 4 nitrogen and oxygen atoms in total. The van der Waals surface area contributed by atoms with Crippen molar-refractivity contribution in [2.24, 2.45) is 0 Å². The second-order valence-corrected chi connectivity index (χ2v) is 5.04. The van der Waals surface area contributed by atoms with Gasteiger partial charge in [0.05, 0.1) is 23.5 Å². The smallest absolute Gasteiger partial charge is 0.335 e. The molecule has 1 aromatic heterocycles. The van der Waals surface area contributed by atoms with Crippen LogP contribution in [0.15, 0.2) is 53.1 Å². The van der Waals surface area contributed by atoms with Gasteiger partial charge in [-0.3, -0.25) is 0 Å². The summed E-state index contributed by atoms with van der Waals surface area (Å²) in [5, 5.41) is 20.0. The summed E-state index contributed by atoms with van der Waals surface area (Å²) in [6, 6.07) is 14.5. The molecule has 0 radical (unpaired) electrons. The van der Waals surface area contributed by atoms with Gasteiger partial charge < -0.3 is 9.52 Å². The van der Waals surface area contributed by atoms with E-state index >= 15 is 0 Å². The quantitative estimate of drug-likeness (QED) is 0.793. The molecule has 1 heterocycles. The largest absolute Gasteiger partial charge is 0.478 e. The lowest BCUT2D eigenvalue weighted by Gasteiger charge is -2.04. The van der Waals surface area contributed by atoms with E-state index in [1.54, 1.807) is 30.5 Å². The molecule has 0 aliphatic rings. The van der Waals surface area contributed by atoms with Gasteiger partial charge in [-0.2, -0.15) is 5.26 Å². The van der Waals surface area contributed by atoms with Crippen LogP contribution in [0, 0.1) is 11.3 Å². The zero-order valence-corrected chi connectivity index (χ0v) is 11.7. The van der Waals surface area contributed by atoms with E-state index in [1.165, 1.54) is 0 Å². The van der Waals surface area contributed by atoms with Crippen molar-refractivity contribution in [3.05, 3.63) is 71.2 Å². The van der Waals surface area contributed by atoms with Gasteiger partial charge in [-0.05, 0) is 36.2 Å². The summed E-state index contributed by atoms with van der Waals surface area (Å²) >= 11 is 0. The van der Waals surface area contributed by atoms with Crippen molar-refractivity contribution >= 4 is 16.7 Å². The van der Waals surface area contributed by atoms with Gasteiger partial charge in [-0.25, -0.2) is 4.79 Å². The van der Waals surface area contributed by atoms with Crippen molar-refractivity contribution < 1.29 is 14.3 Å². The summed E-state index contributed by atoms with van der Waals surface area (Å²) in [5.74, 6) is -0.113. The van der Waals surface area contributed by atoms with Gasteiger partial charge in [-0.1, -0.05) is 18.2 Å². The minimum absolute atomic E-state index is 0.324. The van der Waals surface area contributed by atoms with Crippen LogP contribution in [0.5, 0.6) is 0 Å². The number of carbonyl (C=O) groups is 1. The van der Waals surface area contributed by atoms with Crippen LogP contribution >= 0.6 is 0 Å². The Kier molecular flexibility index (Phi) is 3.63. The van der Waals surface area contributed by atoms with Crippen LogP contribution in [0.25, 0.3) is 10.8 Å². The first kappa shape index (κ1) is 13.9. The summed E-state index contributed by atoms with van der Waals surface area (Å²) < 4.78 is 5.58. The van der Waals surface area contributed by atoms with Crippen molar-refractivity contribution in [1.29, 1.82) is 5.26 Å². The molecule has 0 saturated carbocycles. The average Bonchev–Trinajstić information content (AvgIpc) is 2.95. The van der Waals surface area contributed by atoms with E-state index < -0.39 is 5.97 Å². The second kappa shape index (κ2) is 5.74. The van der Waals surface area contributed by atoms with E-state index in [4.69, 9.17) is 9.68 Å². The Morgan fingerprint density at radius 2 is 2.00 bits per heavy atom. The number of nitriles is 1. The predicted octanol–water partition coefficient (Wildman–Crippen LogP) is 3.79. The zero-order chi connectivity index (χ0) is 15.5. The highest BCUT2D eigenvalue weighted by molar-refractivity contribution is 5.89. The van der Waals surface area contributed by atoms with Crippen molar-refractivity contribution in [3.8, 4) is 6.07 Å². The monoisotopic (exact) mass is 291 g/mol. The molecule has 1 N–H and O–H groups in total. The summed E-state index contributed by atoms with van der Waals surface area (Å²) in [4.78, 5) is 11.2. The maximum absolute atomic E-state index is 11.2. The molecule has 3 aromatic rings. The number of carboxylic acids is 1. The molecule has 0 aliphatic carbocycles. The molecule has 0 unspecified atom stereocenters. The number of nitrogens with zero attached hydrogens (tertiary/aromatic N) is 1. The van der Waals surface area contributed by atoms with E-state index in [2.05, 4.69) is 6.07 Å². The molecule has 2 aromatic carbocycles. The zero-order valence-electron chi connectivity index (χ0n) is 11.7. The van der Waals surface area contributed by atoms with Gasteiger partial charge in [-0.15, -0.1) is 0 Å². The molecular formula is C18H13NO3. The Balaban J connectivity index is 1.86. The number of aromatic carboxylic acids is 1. The van der Waals surface area contributed by atoms with Gasteiger partial charge in [0.1, 0.15) is 5.76 Å². The number of furan rings is 1. The Bertz CT molecular complexity index is 887. The third-order valence-corrected chi connectivity index (χ3v) is 3.68. The molecule has 0 fully saturated rings. The molecular weight excluding hydrogens is 278 g/mol. The highest BCUT2D eigenvalue weighted by atomic mass is 16.4. The van der Waals surface area contributed by atoms with Gasteiger partial charge in [0.2, 0.25) is 0 Å². The summed E-state index contributed by atoms with van der Waals surface area (Å²) in [5.41, 5.74) is 1.70. The Morgan fingerprint density at radius 1 is 1.18 bits per heavy atom. The van der Waals surface area contributed by atoms with E-state index in [0.29, 0.717) is 24.0 Å². The SMILES string of the molecule is N#Cc1ccc2c(CCc3ccccc3C(=O)O)occ2c1. The summed E-state index contributed by atoms with van der Waals surface area (Å²) in [6.45, 7) is 0. The third-order valence-electron chi connectivity index (χ3n) is 3.68. The van der Waals surface area contributed by atoms with Crippen LogP contribution in [0.3, 0.4) is 0 Å². The normalized spacial score (nSPS) is 10.5. The number of hydrogen-bond acceptors (Lipinski definition) is 3. The number of rotatable bonds is 4. The molecule has 0 atom stereocenters. The first-order chi connectivity index (χ1) is 10.7. The van der Waals surface area contributed by atoms with Gasteiger partial charge in [0.15, 0.2) is 0 Å². The first-order valence-electron chi connectivity index (χ1n) is 6.90. The second-order valence-electron chi connectivity index (χ2n) is 5.04. The van der Waals surface area contributed by atoms with E-state index in [-0.39, 0.29) is 0 Å². The molecule has 0 aliphatic heterocycles. The van der Waals surface area contributed by atoms with Crippen molar-refractivity contribution in [2.45, 2.75) is 12.8 Å². The minimum Gasteiger partial charge on any atom is -0.478 e. The number of fused-ring (bicyclic) bond motifs is 1. The molecule has 3 rings (SSSR count). The maximum atomic E-state index is 11.2. The minimum atomic E-state index is -0.918. The lowest BCUT2D eigenvalue weighted by molar-refractivity contribution is 0.0695. The number of benzene rings is 2. The van der Waals surface area contributed by atoms with Crippen LogP contribution in [0.1, 0.15) is 27.2 Å². The predicted molar refractivity (Wildman–Crippen MR) is 81.7 cm³/mol. The van der Waals surface area contributed by atoms with Crippen molar-refractivity contribution in [2.75, 3.05) is 0 Å². The highest BCUT2D eigenvalue weighted by Crippen LogP contribution is 2.24. The first-order valence-corrected chi connectivity index (χ1v) is 6.90. The van der Waals surface area contributed by atoms with E-state index in [9.17, 15) is 9.90 Å². The van der Waals surface area contributed by atoms with Gasteiger partial charge >= 0.3 is 5.97 Å². The number of carboxylic acid groups (broad SMARTS) is 1. The van der Waals surface area contributed by atoms with Crippen LogP contribution in [-0.4, -0.2) is 11.1 Å². The molecule has 0 amide bonds. The summed E-state index contributed by atoms with van der Waals surface area (Å²) in [7, 11) is 0. The molecule has 0 spiro atoms. The highest BCUT2D eigenvalue weighted by Gasteiger charge is 2.11. The standard InChI is InChI=1S/C18H13NO3/c19-10-12-5-7-15-14(9-12)11-22-17(15)8-6-13-3-1-2-4-16(13)18(20)21/h1-5,7,9,11H,6,8H2,(H,20,21). The summed E-state index contributed by atoms with van der Waals surface area (Å²) in [6.07, 6.45) is 2.83. The maximum Gasteiger partial charge on any atom is 0.335 e. The van der Waals surface area contributed by atoms with Crippen molar-refractivity contribution in [1.82, 2.24) is 0 Å². The fourth-order valence-corrected chi connectivity index (χ4v) is 2.57. The van der Waals surface area contributed by atoms with Crippen LogP contribution in [0.4, 0.5) is 0 Å². The molecule has 0 bridgehead atoms. The molecule has 0 saturated heterocycles. The Morgan fingerprint density at radius 3 is 2.77 bits per heavy atom. The molecule has 108 valence electrons. The topological polar surface area (TPSA) is 74.2 Å². The van der Waals surface area contributed by atoms with Crippen LogP contribution in [0.2, 0.25) is 0 Å². The van der Waals surface area contributed by atoms with Crippen LogP contribution < -0.4 is 0 Å². The Labute approximate surface area is 127 Å².